The van der Waals surface area contributed by atoms with Crippen LogP contribution in [0.2, 0.25) is 0 Å². The van der Waals surface area contributed by atoms with Gasteiger partial charge in [0.25, 0.3) is 0 Å². The van der Waals surface area contributed by atoms with Crippen molar-refractivity contribution in [1.82, 2.24) is 0 Å². The van der Waals surface area contributed by atoms with Crippen molar-refractivity contribution in [2.45, 2.75) is 6.42 Å². The molecule has 0 spiro atoms. The fourth-order valence-corrected chi connectivity index (χ4v) is 1.98. The van der Waals surface area contributed by atoms with E-state index in [4.69, 9.17) is 4.74 Å². The van der Waals surface area contributed by atoms with E-state index < -0.39 is 5.97 Å². The number of anilines is 2. The Hall–Kier alpha value is -2.82. The highest BCUT2D eigenvalue weighted by Gasteiger charge is 2.10. The Morgan fingerprint density at radius 3 is 2.41 bits per heavy atom. The van der Waals surface area contributed by atoms with Gasteiger partial charge in [-0.05, 0) is 24.3 Å². The molecule has 5 nitrogen and oxygen atoms in total. The summed E-state index contributed by atoms with van der Waals surface area (Å²) in [5.74, 6) is -0.494. The van der Waals surface area contributed by atoms with E-state index in [-0.39, 0.29) is 5.91 Å². The fourth-order valence-electron chi connectivity index (χ4n) is 1.98. The summed E-state index contributed by atoms with van der Waals surface area (Å²) in [4.78, 5) is 23.5. The van der Waals surface area contributed by atoms with E-state index in [0.717, 1.165) is 5.69 Å². The highest BCUT2D eigenvalue weighted by molar-refractivity contribution is 5.95. The SMILES string of the molecule is COC(=O)c1ccccc1NCCC(=O)Nc1ccccc1. The van der Waals surface area contributed by atoms with Crippen LogP contribution in [0.1, 0.15) is 16.8 Å². The third-order valence-electron chi connectivity index (χ3n) is 3.06. The van der Waals surface area contributed by atoms with Crippen LogP contribution in [-0.4, -0.2) is 25.5 Å². The molecule has 0 atom stereocenters. The topological polar surface area (TPSA) is 67.4 Å². The zero-order chi connectivity index (χ0) is 15.8. The lowest BCUT2D eigenvalue weighted by Gasteiger charge is -2.10. The Morgan fingerprint density at radius 1 is 1.00 bits per heavy atom. The number of carbonyl (C=O) groups excluding carboxylic acids is 2. The maximum atomic E-state index is 11.8. The quantitative estimate of drug-likeness (QED) is 0.805. The molecule has 0 aromatic heterocycles. The number of hydrogen-bond acceptors (Lipinski definition) is 4. The third-order valence-corrected chi connectivity index (χ3v) is 3.06. The van der Waals surface area contributed by atoms with Crippen LogP contribution in [-0.2, 0) is 9.53 Å². The molecule has 2 aromatic rings. The normalized spacial score (nSPS) is 9.86. The zero-order valence-corrected chi connectivity index (χ0v) is 12.3. The Kier molecular flexibility index (Phi) is 5.54. The molecule has 5 heteroatoms. The summed E-state index contributed by atoms with van der Waals surface area (Å²) >= 11 is 0. The van der Waals surface area contributed by atoms with E-state index in [0.29, 0.717) is 24.2 Å². The van der Waals surface area contributed by atoms with Crippen LogP contribution in [0.25, 0.3) is 0 Å². The smallest absolute Gasteiger partial charge is 0.339 e. The number of hydrogen-bond donors (Lipinski definition) is 2. The molecule has 0 saturated heterocycles. The van der Waals surface area contributed by atoms with Crippen LogP contribution < -0.4 is 10.6 Å². The predicted octanol–water partition coefficient (Wildman–Crippen LogP) is 2.91. The van der Waals surface area contributed by atoms with E-state index in [2.05, 4.69) is 10.6 Å². The third kappa shape index (κ3) is 4.34. The van der Waals surface area contributed by atoms with Gasteiger partial charge in [-0.15, -0.1) is 0 Å². The zero-order valence-electron chi connectivity index (χ0n) is 12.3. The number of para-hydroxylation sites is 2. The Bertz CT molecular complexity index is 641. The lowest BCUT2D eigenvalue weighted by atomic mass is 10.2. The lowest BCUT2D eigenvalue weighted by molar-refractivity contribution is -0.115. The van der Waals surface area contributed by atoms with Gasteiger partial charge in [0.2, 0.25) is 5.91 Å². The molecule has 2 N–H and O–H groups in total. The monoisotopic (exact) mass is 298 g/mol. The summed E-state index contributed by atoms with van der Waals surface area (Å²) < 4.78 is 4.73. The van der Waals surface area contributed by atoms with Crippen LogP contribution in [0.5, 0.6) is 0 Å². The second kappa shape index (κ2) is 7.83. The van der Waals surface area contributed by atoms with Gasteiger partial charge in [0.1, 0.15) is 0 Å². The molecule has 0 aliphatic carbocycles. The summed E-state index contributed by atoms with van der Waals surface area (Å²) in [6.07, 6.45) is 0.296. The van der Waals surface area contributed by atoms with Gasteiger partial charge in [0.15, 0.2) is 0 Å². The van der Waals surface area contributed by atoms with Crippen molar-refractivity contribution < 1.29 is 14.3 Å². The van der Waals surface area contributed by atoms with Gasteiger partial charge in [-0.2, -0.15) is 0 Å². The van der Waals surface area contributed by atoms with Crippen molar-refractivity contribution in [2.75, 3.05) is 24.3 Å². The first-order valence-electron chi connectivity index (χ1n) is 6.97. The summed E-state index contributed by atoms with van der Waals surface area (Å²) in [6, 6.07) is 16.3. The summed E-state index contributed by atoms with van der Waals surface area (Å²) in [5.41, 5.74) is 1.87. The van der Waals surface area contributed by atoms with E-state index in [1.165, 1.54) is 7.11 Å². The second-order valence-electron chi connectivity index (χ2n) is 4.63. The molecule has 1 amide bonds. The average Bonchev–Trinajstić information content (AvgIpc) is 2.55. The number of methoxy groups -OCH3 is 1. The van der Waals surface area contributed by atoms with E-state index in [9.17, 15) is 9.59 Å². The number of amides is 1. The van der Waals surface area contributed by atoms with Crippen molar-refractivity contribution in [3.8, 4) is 0 Å². The second-order valence-corrected chi connectivity index (χ2v) is 4.63. The number of rotatable bonds is 6. The van der Waals surface area contributed by atoms with Gasteiger partial charge in [-0.3, -0.25) is 4.79 Å². The van der Waals surface area contributed by atoms with Crippen molar-refractivity contribution in [3.63, 3.8) is 0 Å². The van der Waals surface area contributed by atoms with Crippen LogP contribution in [0, 0.1) is 0 Å². The Morgan fingerprint density at radius 2 is 1.68 bits per heavy atom. The molecule has 0 aliphatic heterocycles. The first kappa shape index (κ1) is 15.6. The minimum atomic E-state index is -0.406. The first-order chi connectivity index (χ1) is 10.7. The van der Waals surface area contributed by atoms with Gasteiger partial charge in [-0.1, -0.05) is 30.3 Å². The molecule has 22 heavy (non-hydrogen) atoms. The highest BCUT2D eigenvalue weighted by atomic mass is 16.5. The molecule has 0 heterocycles. The summed E-state index contributed by atoms with van der Waals surface area (Å²) in [7, 11) is 1.34. The van der Waals surface area contributed by atoms with Crippen LogP contribution in [0.4, 0.5) is 11.4 Å². The van der Waals surface area contributed by atoms with Crippen LogP contribution in [0.3, 0.4) is 0 Å². The first-order valence-corrected chi connectivity index (χ1v) is 6.97. The van der Waals surface area contributed by atoms with Gasteiger partial charge in [0, 0.05) is 24.3 Å². The minimum Gasteiger partial charge on any atom is -0.465 e. The molecule has 0 radical (unpaired) electrons. The molecular formula is C17H18N2O3. The van der Waals surface area contributed by atoms with Crippen LogP contribution >= 0.6 is 0 Å². The molecule has 0 fully saturated rings. The maximum Gasteiger partial charge on any atom is 0.339 e. The molecule has 2 aromatic carbocycles. The molecule has 0 aliphatic rings. The molecule has 0 bridgehead atoms. The fraction of sp³-hybridized carbons (Fsp3) is 0.176. The average molecular weight is 298 g/mol. The summed E-state index contributed by atoms with van der Waals surface area (Å²) in [6.45, 7) is 0.423. The minimum absolute atomic E-state index is 0.0887. The van der Waals surface area contributed by atoms with Crippen molar-refractivity contribution in [3.05, 3.63) is 60.2 Å². The number of ether oxygens (including phenoxy) is 1. The van der Waals surface area contributed by atoms with Gasteiger partial charge in [-0.25, -0.2) is 4.79 Å². The van der Waals surface area contributed by atoms with E-state index in [1.54, 1.807) is 18.2 Å². The van der Waals surface area contributed by atoms with Crippen LogP contribution in [0.15, 0.2) is 54.6 Å². The molecule has 2 rings (SSSR count). The number of benzene rings is 2. The van der Waals surface area contributed by atoms with Crippen molar-refractivity contribution in [2.24, 2.45) is 0 Å². The summed E-state index contributed by atoms with van der Waals surface area (Å²) in [5, 5.41) is 5.89. The maximum absolute atomic E-state index is 11.8. The van der Waals surface area contributed by atoms with Crippen molar-refractivity contribution >= 4 is 23.3 Å². The number of esters is 1. The standard InChI is InChI=1S/C17H18N2O3/c1-22-17(21)14-9-5-6-10-15(14)18-12-11-16(20)19-13-7-3-2-4-8-13/h2-10,18H,11-12H2,1H3,(H,19,20). The Balaban J connectivity index is 1.86. The molecular weight excluding hydrogens is 280 g/mol. The highest BCUT2D eigenvalue weighted by Crippen LogP contribution is 2.16. The molecule has 114 valence electrons. The predicted molar refractivity (Wildman–Crippen MR) is 86.0 cm³/mol. The van der Waals surface area contributed by atoms with E-state index >= 15 is 0 Å². The van der Waals surface area contributed by atoms with Gasteiger partial charge in [0.05, 0.1) is 12.7 Å². The number of carbonyl (C=O) groups is 2. The number of nitrogens with one attached hydrogen (secondary N) is 2. The van der Waals surface area contributed by atoms with Crippen molar-refractivity contribution in [1.29, 1.82) is 0 Å². The van der Waals surface area contributed by atoms with Gasteiger partial charge >= 0.3 is 5.97 Å². The van der Waals surface area contributed by atoms with E-state index in [1.807, 2.05) is 36.4 Å². The lowest BCUT2D eigenvalue weighted by Crippen LogP contribution is -2.17. The Labute approximate surface area is 129 Å². The molecule has 0 unspecified atom stereocenters. The largest absolute Gasteiger partial charge is 0.465 e. The molecule has 0 saturated carbocycles. The van der Waals surface area contributed by atoms with Gasteiger partial charge < -0.3 is 15.4 Å².